The first-order valence-corrected chi connectivity index (χ1v) is 7.11. The van der Waals surface area contributed by atoms with Crippen molar-refractivity contribution in [2.45, 2.75) is 39.5 Å². The second kappa shape index (κ2) is 7.26. The van der Waals surface area contributed by atoms with Gasteiger partial charge in [0.1, 0.15) is 0 Å². The van der Waals surface area contributed by atoms with Crippen molar-refractivity contribution < 1.29 is 19.5 Å². The van der Waals surface area contributed by atoms with Gasteiger partial charge in [0.2, 0.25) is 11.8 Å². The number of carbonyl (C=O) groups excluding carboxylic acids is 2. The number of rotatable bonds is 6. The summed E-state index contributed by atoms with van der Waals surface area (Å²) in [5.74, 6) is -2.03. The van der Waals surface area contributed by atoms with Gasteiger partial charge in [-0.05, 0) is 25.2 Å². The number of primary amides is 1. The van der Waals surface area contributed by atoms with E-state index >= 15 is 0 Å². The van der Waals surface area contributed by atoms with Crippen LogP contribution in [-0.2, 0) is 14.4 Å². The molecule has 6 heteroatoms. The Morgan fingerprint density at radius 3 is 2.35 bits per heavy atom. The lowest BCUT2D eigenvalue weighted by molar-refractivity contribution is -0.146. The van der Waals surface area contributed by atoms with Gasteiger partial charge in [0.15, 0.2) is 0 Å². The highest BCUT2D eigenvalue weighted by Gasteiger charge is 2.33. The summed E-state index contributed by atoms with van der Waals surface area (Å²) >= 11 is 0. The van der Waals surface area contributed by atoms with Crippen LogP contribution < -0.4 is 5.73 Å². The molecule has 1 aliphatic carbocycles. The SMILES string of the molecule is CC(C)CN(CC(N)=O)C(=O)[C@H]1CCC[C@@H](C(=O)O)C1. The number of carbonyl (C=O) groups is 3. The molecule has 0 radical (unpaired) electrons. The van der Waals surface area contributed by atoms with E-state index in [1.807, 2.05) is 13.8 Å². The number of carboxylic acids is 1. The molecule has 0 saturated heterocycles. The van der Waals surface area contributed by atoms with Crippen molar-refractivity contribution >= 4 is 17.8 Å². The van der Waals surface area contributed by atoms with Gasteiger partial charge in [-0.15, -0.1) is 0 Å². The highest BCUT2D eigenvalue weighted by atomic mass is 16.4. The molecule has 1 fully saturated rings. The quantitative estimate of drug-likeness (QED) is 0.755. The van der Waals surface area contributed by atoms with Crippen LogP contribution in [0.4, 0.5) is 0 Å². The van der Waals surface area contributed by atoms with E-state index in [1.54, 1.807) is 0 Å². The molecule has 20 heavy (non-hydrogen) atoms. The Morgan fingerprint density at radius 1 is 1.25 bits per heavy atom. The van der Waals surface area contributed by atoms with E-state index < -0.39 is 17.8 Å². The van der Waals surface area contributed by atoms with Gasteiger partial charge in [0.05, 0.1) is 12.5 Å². The normalized spacial score (nSPS) is 22.6. The number of amides is 2. The molecule has 1 saturated carbocycles. The topological polar surface area (TPSA) is 101 Å². The number of hydrogen-bond donors (Lipinski definition) is 2. The molecule has 0 heterocycles. The summed E-state index contributed by atoms with van der Waals surface area (Å²) in [6.07, 6.45) is 2.41. The fraction of sp³-hybridized carbons (Fsp3) is 0.786. The van der Waals surface area contributed by atoms with Crippen LogP contribution >= 0.6 is 0 Å². The Bertz CT molecular complexity index is 381. The second-order valence-electron chi connectivity index (χ2n) is 5.98. The smallest absolute Gasteiger partial charge is 0.306 e. The third-order valence-electron chi connectivity index (χ3n) is 3.62. The zero-order chi connectivity index (χ0) is 15.3. The molecule has 6 nitrogen and oxygen atoms in total. The fourth-order valence-electron chi connectivity index (χ4n) is 2.76. The lowest BCUT2D eigenvalue weighted by atomic mass is 9.80. The van der Waals surface area contributed by atoms with E-state index in [0.29, 0.717) is 25.8 Å². The van der Waals surface area contributed by atoms with Gasteiger partial charge < -0.3 is 15.7 Å². The lowest BCUT2D eigenvalue weighted by Crippen LogP contribution is -2.44. The molecule has 2 amide bonds. The fourth-order valence-corrected chi connectivity index (χ4v) is 2.76. The Labute approximate surface area is 119 Å². The summed E-state index contributed by atoms with van der Waals surface area (Å²) in [5, 5.41) is 9.07. The van der Waals surface area contributed by atoms with Crippen LogP contribution in [0.2, 0.25) is 0 Å². The molecule has 1 rings (SSSR count). The maximum Gasteiger partial charge on any atom is 0.306 e. The first kappa shape index (κ1) is 16.5. The lowest BCUT2D eigenvalue weighted by Gasteiger charge is -2.31. The van der Waals surface area contributed by atoms with Gasteiger partial charge in [-0.1, -0.05) is 20.3 Å². The predicted octanol–water partition coefficient (Wildman–Crippen LogP) is 0.847. The number of nitrogens with two attached hydrogens (primary N) is 1. The van der Waals surface area contributed by atoms with Gasteiger partial charge in [-0.3, -0.25) is 14.4 Å². The van der Waals surface area contributed by atoms with Crippen molar-refractivity contribution in [2.24, 2.45) is 23.5 Å². The average molecular weight is 284 g/mol. The maximum atomic E-state index is 12.5. The first-order chi connectivity index (χ1) is 9.31. The summed E-state index contributed by atoms with van der Waals surface area (Å²) in [5.41, 5.74) is 5.18. The van der Waals surface area contributed by atoms with Crippen molar-refractivity contribution in [3.05, 3.63) is 0 Å². The molecular weight excluding hydrogens is 260 g/mol. The average Bonchev–Trinajstić information content (AvgIpc) is 2.36. The minimum atomic E-state index is -0.840. The molecule has 114 valence electrons. The van der Waals surface area contributed by atoms with E-state index in [-0.39, 0.29) is 24.3 Å². The van der Waals surface area contributed by atoms with Crippen LogP contribution in [0.15, 0.2) is 0 Å². The zero-order valence-corrected chi connectivity index (χ0v) is 12.2. The summed E-state index contributed by atoms with van der Waals surface area (Å²) in [7, 11) is 0. The van der Waals surface area contributed by atoms with Crippen LogP contribution in [0.25, 0.3) is 0 Å². The summed E-state index contributed by atoms with van der Waals surface area (Å²) < 4.78 is 0. The van der Waals surface area contributed by atoms with Gasteiger partial charge in [0.25, 0.3) is 0 Å². The van der Waals surface area contributed by atoms with Crippen LogP contribution in [0.1, 0.15) is 39.5 Å². The number of hydrogen-bond acceptors (Lipinski definition) is 3. The minimum absolute atomic E-state index is 0.0920. The van der Waals surface area contributed by atoms with E-state index in [2.05, 4.69) is 0 Å². The van der Waals surface area contributed by atoms with E-state index in [1.165, 1.54) is 4.90 Å². The third kappa shape index (κ3) is 4.83. The third-order valence-corrected chi connectivity index (χ3v) is 3.62. The highest BCUT2D eigenvalue weighted by molar-refractivity contribution is 5.85. The van der Waals surface area contributed by atoms with Gasteiger partial charge in [-0.2, -0.15) is 0 Å². The molecule has 1 aliphatic rings. The molecule has 0 aromatic heterocycles. The molecule has 0 unspecified atom stereocenters. The Balaban J connectivity index is 2.72. The van der Waals surface area contributed by atoms with Crippen molar-refractivity contribution in [2.75, 3.05) is 13.1 Å². The number of aliphatic carboxylic acids is 1. The molecule has 3 N–H and O–H groups in total. The maximum absolute atomic E-state index is 12.5. The van der Waals surface area contributed by atoms with Crippen molar-refractivity contribution in [3.63, 3.8) is 0 Å². The minimum Gasteiger partial charge on any atom is -0.481 e. The first-order valence-electron chi connectivity index (χ1n) is 7.11. The molecule has 2 atom stereocenters. The van der Waals surface area contributed by atoms with E-state index in [4.69, 9.17) is 10.8 Å². The zero-order valence-electron chi connectivity index (χ0n) is 12.2. The second-order valence-corrected chi connectivity index (χ2v) is 5.98. The summed E-state index contributed by atoms with van der Waals surface area (Å²) in [6, 6.07) is 0. The molecule has 0 bridgehead atoms. The standard InChI is InChI=1S/C14H24N2O4/c1-9(2)7-16(8-12(15)17)13(18)10-4-3-5-11(6-10)14(19)20/h9-11H,3-8H2,1-2H3,(H2,15,17)(H,19,20)/t10-,11+/m0/s1. The van der Waals surface area contributed by atoms with Crippen LogP contribution in [-0.4, -0.2) is 40.9 Å². The van der Waals surface area contributed by atoms with Crippen molar-refractivity contribution in [1.82, 2.24) is 4.90 Å². The molecule has 0 spiro atoms. The van der Waals surface area contributed by atoms with Crippen molar-refractivity contribution in [1.29, 1.82) is 0 Å². The summed E-state index contributed by atoms with van der Waals surface area (Å²) in [6.45, 7) is 4.30. The van der Waals surface area contributed by atoms with Gasteiger partial charge >= 0.3 is 5.97 Å². The van der Waals surface area contributed by atoms with Gasteiger partial charge in [0, 0.05) is 12.5 Å². The monoisotopic (exact) mass is 284 g/mol. The molecule has 0 aromatic carbocycles. The largest absolute Gasteiger partial charge is 0.481 e. The van der Waals surface area contributed by atoms with Gasteiger partial charge in [-0.25, -0.2) is 0 Å². The predicted molar refractivity (Wildman–Crippen MR) is 73.7 cm³/mol. The van der Waals surface area contributed by atoms with E-state index in [0.717, 1.165) is 6.42 Å². The molecular formula is C14H24N2O4. The molecule has 0 aliphatic heterocycles. The van der Waals surface area contributed by atoms with Crippen LogP contribution in [0.5, 0.6) is 0 Å². The number of nitrogens with zero attached hydrogens (tertiary/aromatic N) is 1. The highest BCUT2D eigenvalue weighted by Crippen LogP contribution is 2.30. The van der Waals surface area contributed by atoms with Crippen LogP contribution in [0.3, 0.4) is 0 Å². The Kier molecular flexibility index (Phi) is 5.98. The van der Waals surface area contributed by atoms with Crippen molar-refractivity contribution in [3.8, 4) is 0 Å². The Hall–Kier alpha value is -1.59. The Morgan fingerprint density at radius 2 is 1.85 bits per heavy atom. The van der Waals surface area contributed by atoms with E-state index in [9.17, 15) is 14.4 Å². The molecule has 0 aromatic rings. The number of carboxylic acid groups (broad SMARTS) is 1. The summed E-state index contributed by atoms with van der Waals surface area (Å²) in [4.78, 5) is 36.1. The van der Waals surface area contributed by atoms with Crippen LogP contribution in [0, 0.1) is 17.8 Å².